The third kappa shape index (κ3) is 2.85. The van der Waals surface area contributed by atoms with Gasteiger partial charge in [0.25, 0.3) is 0 Å². The second kappa shape index (κ2) is 5.91. The molecule has 1 atom stereocenters. The van der Waals surface area contributed by atoms with Crippen molar-refractivity contribution in [3.63, 3.8) is 0 Å². The van der Waals surface area contributed by atoms with E-state index in [0.29, 0.717) is 11.6 Å². The fraction of sp³-hybridized carbons (Fsp3) is 0.615. The van der Waals surface area contributed by atoms with E-state index in [1.807, 2.05) is 0 Å². The monoisotopic (exact) mass is 248 g/mol. The van der Waals surface area contributed by atoms with Gasteiger partial charge in [-0.05, 0) is 13.3 Å². The molecule has 5 heteroatoms. The Morgan fingerprint density at radius 3 is 2.39 bits per heavy atom. The first-order chi connectivity index (χ1) is 8.74. The van der Waals surface area contributed by atoms with E-state index in [-0.39, 0.29) is 0 Å². The van der Waals surface area contributed by atoms with Gasteiger partial charge in [0.15, 0.2) is 6.29 Å². The molecule has 1 aliphatic heterocycles. The minimum Gasteiger partial charge on any atom is -0.338 e. The summed E-state index contributed by atoms with van der Waals surface area (Å²) in [5.41, 5.74) is 0.525. The minimum absolute atomic E-state index is 0.525. The molecular formula is C13H20N4O. The van der Waals surface area contributed by atoms with Gasteiger partial charge in [-0.3, -0.25) is 9.69 Å². The molecule has 2 heterocycles. The molecule has 0 amide bonds. The molecule has 1 aromatic heterocycles. The summed E-state index contributed by atoms with van der Waals surface area (Å²) in [7, 11) is 0. The van der Waals surface area contributed by atoms with Crippen LogP contribution in [0, 0.1) is 0 Å². The lowest BCUT2D eigenvalue weighted by atomic mass is 10.2. The summed E-state index contributed by atoms with van der Waals surface area (Å²) in [6, 6.07) is 0.644. The van der Waals surface area contributed by atoms with Crippen LogP contribution >= 0.6 is 0 Å². The second-order valence-corrected chi connectivity index (χ2v) is 4.71. The first kappa shape index (κ1) is 13.0. The topological polar surface area (TPSA) is 49.3 Å². The second-order valence-electron chi connectivity index (χ2n) is 4.71. The lowest BCUT2D eigenvalue weighted by Gasteiger charge is -2.37. The molecule has 0 saturated carbocycles. The van der Waals surface area contributed by atoms with Crippen molar-refractivity contribution >= 4 is 12.2 Å². The molecule has 0 aliphatic carbocycles. The Balaban J connectivity index is 1.94. The fourth-order valence-corrected chi connectivity index (χ4v) is 2.18. The average Bonchev–Trinajstić information content (AvgIpc) is 2.47. The molecular weight excluding hydrogens is 228 g/mol. The predicted molar refractivity (Wildman–Crippen MR) is 71.0 cm³/mol. The van der Waals surface area contributed by atoms with E-state index in [4.69, 9.17) is 0 Å². The molecule has 2 rings (SSSR count). The van der Waals surface area contributed by atoms with E-state index in [2.05, 4.69) is 33.6 Å². The van der Waals surface area contributed by atoms with Crippen LogP contribution in [0.25, 0.3) is 0 Å². The van der Waals surface area contributed by atoms with E-state index < -0.39 is 0 Å². The summed E-state index contributed by atoms with van der Waals surface area (Å²) in [5.74, 6) is 0.726. The molecule has 0 radical (unpaired) electrons. The van der Waals surface area contributed by atoms with Crippen LogP contribution in [0.15, 0.2) is 12.4 Å². The third-order valence-electron chi connectivity index (χ3n) is 3.61. The third-order valence-corrected chi connectivity index (χ3v) is 3.61. The summed E-state index contributed by atoms with van der Waals surface area (Å²) in [6.45, 7) is 8.49. The Labute approximate surface area is 108 Å². The Kier molecular flexibility index (Phi) is 4.25. The highest BCUT2D eigenvalue weighted by Crippen LogP contribution is 2.13. The summed E-state index contributed by atoms with van der Waals surface area (Å²) in [5, 5.41) is 0. The van der Waals surface area contributed by atoms with Gasteiger partial charge in [0.2, 0.25) is 5.95 Å². The van der Waals surface area contributed by atoms with Crippen LogP contribution in [-0.4, -0.2) is 53.4 Å². The molecule has 5 nitrogen and oxygen atoms in total. The van der Waals surface area contributed by atoms with Crippen LogP contribution in [0.4, 0.5) is 5.95 Å². The van der Waals surface area contributed by atoms with Crippen molar-refractivity contribution in [3.05, 3.63) is 18.0 Å². The lowest BCUT2D eigenvalue weighted by Crippen LogP contribution is -2.49. The van der Waals surface area contributed by atoms with Crippen LogP contribution in [0.5, 0.6) is 0 Å². The number of carbonyl (C=O) groups is 1. The number of rotatable bonds is 4. The molecule has 1 aliphatic rings. The number of carbonyl (C=O) groups excluding carboxylic acids is 1. The Bertz CT molecular complexity index is 384. The molecule has 1 fully saturated rings. The molecule has 0 spiro atoms. The SMILES string of the molecule is CCC(C)N1CCN(c2ncc(C=O)cn2)CC1. The number of aldehydes is 1. The zero-order chi connectivity index (χ0) is 13.0. The van der Waals surface area contributed by atoms with Gasteiger partial charge >= 0.3 is 0 Å². The number of anilines is 1. The van der Waals surface area contributed by atoms with Crippen molar-refractivity contribution in [2.75, 3.05) is 31.1 Å². The van der Waals surface area contributed by atoms with Crippen LogP contribution < -0.4 is 4.90 Å². The van der Waals surface area contributed by atoms with Crippen molar-refractivity contribution < 1.29 is 4.79 Å². The van der Waals surface area contributed by atoms with E-state index in [1.165, 1.54) is 6.42 Å². The van der Waals surface area contributed by atoms with Gasteiger partial charge in [-0.25, -0.2) is 9.97 Å². The largest absolute Gasteiger partial charge is 0.338 e. The Morgan fingerprint density at radius 2 is 1.89 bits per heavy atom. The molecule has 0 bridgehead atoms. The average molecular weight is 248 g/mol. The van der Waals surface area contributed by atoms with Crippen LogP contribution in [0.1, 0.15) is 30.6 Å². The highest BCUT2D eigenvalue weighted by molar-refractivity contribution is 5.73. The van der Waals surface area contributed by atoms with E-state index in [9.17, 15) is 4.79 Å². The predicted octanol–water partition coefficient (Wildman–Crippen LogP) is 1.21. The summed E-state index contributed by atoms with van der Waals surface area (Å²) < 4.78 is 0. The summed E-state index contributed by atoms with van der Waals surface area (Å²) in [6.07, 6.45) is 5.11. The van der Waals surface area contributed by atoms with Gasteiger partial charge in [-0.2, -0.15) is 0 Å². The Hall–Kier alpha value is -1.49. The van der Waals surface area contributed by atoms with E-state index in [0.717, 1.165) is 38.4 Å². The molecule has 0 N–H and O–H groups in total. The number of piperazine rings is 1. The number of hydrogen-bond donors (Lipinski definition) is 0. The van der Waals surface area contributed by atoms with Gasteiger partial charge in [-0.15, -0.1) is 0 Å². The first-order valence-electron chi connectivity index (χ1n) is 6.50. The number of nitrogens with zero attached hydrogens (tertiary/aromatic N) is 4. The van der Waals surface area contributed by atoms with Crippen LogP contribution in [0.3, 0.4) is 0 Å². The lowest BCUT2D eigenvalue weighted by molar-refractivity contribution is 0.112. The van der Waals surface area contributed by atoms with Gasteiger partial charge in [0.05, 0.1) is 5.56 Å². The Morgan fingerprint density at radius 1 is 1.28 bits per heavy atom. The number of aromatic nitrogens is 2. The van der Waals surface area contributed by atoms with E-state index >= 15 is 0 Å². The molecule has 1 aromatic rings. The van der Waals surface area contributed by atoms with Gasteiger partial charge in [-0.1, -0.05) is 6.92 Å². The normalized spacial score (nSPS) is 18.7. The highest BCUT2D eigenvalue weighted by Gasteiger charge is 2.21. The summed E-state index contributed by atoms with van der Waals surface area (Å²) in [4.78, 5) is 23.7. The van der Waals surface area contributed by atoms with Crippen molar-refractivity contribution in [3.8, 4) is 0 Å². The number of hydrogen-bond acceptors (Lipinski definition) is 5. The molecule has 1 saturated heterocycles. The van der Waals surface area contributed by atoms with Crippen LogP contribution in [0.2, 0.25) is 0 Å². The molecule has 18 heavy (non-hydrogen) atoms. The highest BCUT2D eigenvalue weighted by atomic mass is 16.1. The maximum absolute atomic E-state index is 10.5. The molecule has 0 aromatic carbocycles. The maximum atomic E-state index is 10.5. The zero-order valence-corrected chi connectivity index (χ0v) is 11.0. The molecule has 98 valence electrons. The van der Waals surface area contributed by atoms with Crippen molar-refractivity contribution in [1.29, 1.82) is 0 Å². The zero-order valence-electron chi connectivity index (χ0n) is 11.0. The van der Waals surface area contributed by atoms with Crippen molar-refractivity contribution in [2.45, 2.75) is 26.3 Å². The van der Waals surface area contributed by atoms with E-state index in [1.54, 1.807) is 12.4 Å². The minimum atomic E-state index is 0.525. The standard InChI is InChI=1S/C13H20N4O/c1-3-11(2)16-4-6-17(7-5-16)13-14-8-12(10-18)9-15-13/h8-11H,3-7H2,1-2H3. The quantitative estimate of drug-likeness (QED) is 0.750. The molecule has 1 unspecified atom stereocenters. The van der Waals surface area contributed by atoms with Gasteiger partial charge in [0.1, 0.15) is 0 Å². The van der Waals surface area contributed by atoms with Gasteiger partial charge in [0, 0.05) is 44.6 Å². The smallest absolute Gasteiger partial charge is 0.225 e. The summed E-state index contributed by atoms with van der Waals surface area (Å²) >= 11 is 0. The van der Waals surface area contributed by atoms with Crippen LogP contribution in [-0.2, 0) is 0 Å². The van der Waals surface area contributed by atoms with Crippen molar-refractivity contribution in [1.82, 2.24) is 14.9 Å². The fourth-order valence-electron chi connectivity index (χ4n) is 2.18. The van der Waals surface area contributed by atoms with Crippen molar-refractivity contribution in [2.24, 2.45) is 0 Å². The first-order valence-corrected chi connectivity index (χ1v) is 6.50. The van der Waals surface area contributed by atoms with Gasteiger partial charge < -0.3 is 4.90 Å². The maximum Gasteiger partial charge on any atom is 0.225 e.